The molecule has 0 rings (SSSR count). The first-order valence-corrected chi connectivity index (χ1v) is 7.26. The zero-order valence-corrected chi connectivity index (χ0v) is 9.42. The summed E-state index contributed by atoms with van der Waals surface area (Å²) in [6.07, 6.45) is 0. The highest BCUT2D eigenvalue weighted by atomic mass is 33.5. The van der Waals surface area contributed by atoms with E-state index >= 15 is 0 Å². The lowest BCUT2D eigenvalue weighted by Crippen LogP contribution is -2.39. The van der Waals surface area contributed by atoms with Crippen molar-refractivity contribution >= 4 is 30.5 Å². The predicted octanol–water partition coefficient (Wildman–Crippen LogP) is 0.416. The average Bonchev–Trinajstić information content (AvgIpc) is 2.00. The molecule has 0 aromatic heterocycles. The Morgan fingerprint density at radius 2 is 2.08 bits per heavy atom. The average molecular weight is 231 g/mol. The van der Waals surface area contributed by atoms with E-state index in [1.165, 1.54) is 0 Å². The third kappa shape index (κ3) is 4.56. The lowest BCUT2D eigenvalue weighted by molar-refractivity contribution is 0.228. The summed E-state index contributed by atoms with van der Waals surface area (Å²) in [6, 6.07) is -0.436. The Hall–Kier alpha value is 0.570. The summed E-state index contributed by atoms with van der Waals surface area (Å²) in [5.41, 5.74) is 0. The van der Waals surface area contributed by atoms with Crippen molar-refractivity contribution in [3.05, 3.63) is 0 Å². The second-order valence-electron chi connectivity index (χ2n) is 2.68. The van der Waals surface area contributed by atoms with E-state index in [4.69, 9.17) is 5.11 Å². The number of thiol groups is 1. The normalized spacial score (nSPS) is 15.1. The molecule has 0 amide bonds. The zero-order chi connectivity index (χ0) is 9.78. The molecule has 1 atom stereocenters. The van der Waals surface area contributed by atoms with Crippen LogP contribution in [0.15, 0.2) is 0 Å². The SMILES string of the molecule is CC(C)[C@@H](CO)NS(=O)(=O)SS. The summed E-state index contributed by atoms with van der Waals surface area (Å²) in [4.78, 5) is 0. The molecule has 2 N–H and O–H groups in total. The summed E-state index contributed by atoms with van der Waals surface area (Å²) in [5.74, 6) is 0.0604. The maximum Gasteiger partial charge on any atom is 0.275 e. The van der Waals surface area contributed by atoms with Gasteiger partial charge in [0.05, 0.1) is 6.61 Å². The smallest absolute Gasteiger partial charge is 0.275 e. The lowest BCUT2D eigenvalue weighted by atomic mass is 10.1. The summed E-state index contributed by atoms with van der Waals surface area (Å²) in [7, 11) is -2.97. The fourth-order valence-electron chi connectivity index (χ4n) is 0.591. The Morgan fingerprint density at radius 3 is 2.33 bits per heavy atom. The number of nitrogens with one attached hydrogen (secondary N) is 1. The largest absolute Gasteiger partial charge is 0.395 e. The Labute approximate surface area is 81.4 Å². The van der Waals surface area contributed by atoms with Gasteiger partial charge < -0.3 is 5.11 Å². The molecular formula is C5H13NO3S3. The van der Waals surface area contributed by atoms with Gasteiger partial charge in [0.2, 0.25) is 0 Å². The van der Waals surface area contributed by atoms with Gasteiger partial charge in [-0.3, -0.25) is 0 Å². The van der Waals surface area contributed by atoms with E-state index in [2.05, 4.69) is 16.4 Å². The topological polar surface area (TPSA) is 66.4 Å². The molecule has 74 valence electrons. The Balaban J connectivity index is 4.22. The van der Waals surface area contributed by atoms with Crippen molar-refractivity contribution in [2.75, 3.05) is 6.61 Å². The first kappa shape index (κ1) is 12.6. The first-order chi connectivity index (χ1) is 5.43. The van der Waals surface area contributed by atoms with Crippen LogP contribution in [0.25, 0.3) is 0 Å². The Morgan fingerprint density at radius 1 is 1.58 bits per heavy atom. The first-order valence-electron chi connectivity index (χ1n) is 3.39. The lowest BCUT2D eigenvalue weighted by Gasteiger charge is -2.18. The van der Waals surface area contributed by atoms with E-state index in [9.17, 15) is 8.42 Å². The summed E-state index contributed by atoms with van der Waals surface area (Å²) >= 11 is 3.57. The maximum absolute atomic E-state index is 10.9. The molecule has 0 fully saturated rings. The molecule has 0 aliphatic heterocycles. The number of hydrogen-bond donors (Lipinski definition) is 3. The molecule has 0 spiro atoms. The van der Waals surface area contributed by atoms with E-state index in [1.54, 1.807) is 0 Å². The quantitative estimate of drug-likeness (QED) is 0.474. The number of aliphatic hydroxyl groups is 1. The summed E-state index contributed by atoms with van der Waals surface area (Å²) in [5, 5.41) is 8.79. The van der Waals surface area contributed by atoms with Crippen molar-refractivity contribution in [3.63, 3.8) is 0 Å². The summed E-state index contributed by atoms with van der Waals surface area (Å²) in [6.45, 7) is 3.45. The fourth-order valence-corrected chi connectivity index (χ4v) is 2.24. The molecule has 12 heavy (non-hydrogen) atoms. The number of aliphatic hydroxyl groups excluding tert-OH is 1. The van der Waals surface area contributed by atoms with Gasteiger partial charge in [-0.25, -0.2) is 0 Å². The minimum absolute atomic E-state index is 0.0604. The van der Waals surface area contributed by atoms with Gasteiger partial charge in [0.15, 0.2) is 0 Å². The van der Waals surface area contributed by atoms with Crippen LogP contribution in [-0.2, 0) is 9.06 Å². The van der Waals surface area contributed by atoms with Crippen molar-refractivity contribution in [3.8, 4) is 0 Å². The highest BCUT2D eigenvalue weighted by Crippen LogP contribution is 2.15. The van der Waals surface area contributed by atoms with Gasteiger partial charge in [0.1, 0.15) is 0 Å². The highest BCUT2D eigenvalue weighted by Gasteiger charge is 2.19. The van der Waals surface area contributed by atoms with Crippen molar-refractivity contribution in [1.29, 1.82) is 0 Å². The molecule has 4 nitrogen and oxygen atoms in total. The molecule has 0 bridgehead atoms. The Kier molecular flexibility index (Phi) is 5.59. The van der Waals surface area contributed by atoms with Gasteiger partial charge in [-0.05, 0) is 5.92 Å². The molecule has 0 aliphatic carbocycles. The van der Waals surface area contributed by atoms with Crippen molar-refractivity contribution in [2.24, 2.45) is 5.92 Å². The van der Waals surface area contributed by atoms with Crippen LogP contribution in [0.1, 0.15) is 13.8 Å². The molecule has 7 heteroatoms. The minimum Gasteiger partial charge on any atom is -0.395 e. The maximum atomic E-state index is 10.9. The van der Waals surface area contributed by atoms with E-state index < -0.39 is 15.1 Å². The molecule has 0 aromatic carbocycles. The third-order valence-electron chi connectivity index (χ3n) is 1.40. The predicted molar refractivity (Wildman–Crippen MR) is 54.3 cm³/mol. The van der Waals surface area contributed by atoms with Crippen LogP contribution in [-0.4, -0.2) is 26.2 Å². The van der Waals surface area contributed by atoms with Gasteiger partial charge in [-0.2, -0.15) is 13.1 Å². The monoisotopic (exact) mass is 231 g/mol. The minimum atomic E-state index is -3.40. The van der Waals surface area contributed by atoms with Crippen molar-refractivity contribution in [2.45, 2.75) is 19.9 Å². The van der Waals surface area contributed by atoms with Gasteiger partial charge >= 0.3 is 0 Å². The number of hydrogen-bond acceptors (Lipinski definition) is 5. The van der Waals surface area contributed by atoms with Crippen LogP contribution >= 0.6 is 21.5 Å². The van der Waals surface area contributed by atoms with Crippen LogP contribution < -0.4 is 4.72 Å². The number of rotatable bonds is 5. The molecule has 0 aromatic rings. The Bertz CT molecular complexity index is 214. The highest BCUT2D eigenvalue weighted by molar-refractivity contribution is 9.02. The van der Waals surface area contributed by atoms with Crippen LogP contribution in [0.4, 0.5) is 0 Å². The molecule has 0 unspecified atom stereocenters. The molecule has 0 heterocycles. The van der Waals surface area contributed by atoms with Gasteiger partial charge in [-0.15, -0.1) is 0 Å². The zero-order valence-electron chi connectivity index (χ0n) is 6.89. The third-order valence-corrected chi connectivity index (χ3v) is 4.83. The van der Waals surface area contributed by atoms with E-state index in [0.29, 0.717) is 9.83 Å². The van der Waals surface area contributed by atoms with E-state index in [1.807, 2.05) is 13.8 Å². The van der Waals surface area contributed by atoms with E-state index in [0.717, 1.165) is 0 Å². The standard InChI is InChI=1S/C5H13NO3S3/c1-4(2)5(3-7)6-12(8,9)11-10/h4-7,10H,3H2,1-2H3/t5-/m1/s1. The van der Waals surface area contributed by atoms with Crippen molar-refractivity contribution in [1.82, 2.24) is 4.72 Å². The molecule has 0 saturated carbocycles. The second-order valence-corrected chi connectivity index (χ2v) is 7.08. The van der Waals surface area contributed by atoms with Gasteiger partial charge in [0.25, 0.3) is 9.06 Å². The molecule has 0 aliphatic rings. The van der Waals surface area contributed by atoms with Crippen LogP contribution in [0.5, 0.6) is 0 Å². The van der Waals surface area contributed by atoms with Gasteiger partial charge in [-0.1, -0.05) is 25.5 Å². The van der Waals surface area contributed by atoms with Crippen LogP contribution in [0, 0.1) is 5.92 Å². The van der Waals surface area contributed by atoms with Gasteiger partial charge in [0, 0.05) is 15.9 Å². The van der Waals surface area contributed by atoms with E-state index in [-0.39, 0.29) is 12.5 Å². The van der Waals surface area contributed by atoms with Crippen LogP contribution in [0.3, 0.4) is 0 Å². The summed E-state index contributed by atoms with van der Waals surface area (Å²) < 4.78 is 24.2. The molecular weight excluding hydrogens is 218 g/mol. The molecule has 0 saturated heterocycles. The second kappa shape index (κ2) is 5.33. The van der Waals surface area contributed by atoms with Crippen molar-refractivity contribution < 1.29 is 13.5 Å². The molecule has 0 radical (unpaired) electrons. The fraction of sp³-hybridized carbons (Fsp3) is 1.00. The van der Waals surface area contributed by atoms with Crippen LogP contribution in [0.2, 0.25) is 0 Å².